The van der Waals surface area contributed by atoms with Gasteiger partial charge in [-0.1, -0.05) is 12.1 Å². The Morgan fingerprint density at radius 1 is 1.13 bits per heavy atom. The lowest BCUT2D eigenvalue weighted by atomic mass is 9.84. The lowest BCUT2D eigenvalue weighted by molar-refractivity contribution is -0.145. The summed E-state index contributed by atoms with van der Waals surface area (Å²) in [5, 5.41) is 0. The van der Waals surface area contributed by atoms with E-state index in [1.807, 2.05) is 12.1 Å². The highest BCUT2D eigenvalue weighted by Gasteiger charge is 2.45. The van der Waals surface area contributed by atoms with Gasteiger partial charge in [-0.15, -0.1) is 0 Å². The second-order valence-electron chi connectivity index (χ2n) is 7.07. The van der Waals surface area contributed by atoms with Crippen LogP contribution < -0.4 is 4.74 Å². The molecular formula is C19H25NO3. The summed E-state index contributed by atoms with van der Waals surface area (Å²) in [6.45, 7) is 0.744. The highest BCUT2D eigenvalue weighted by Crippen LogP contribution is 2.44. The molecule has 1 unspecified atom stereocenters. The second kappa shape index (κ2) is 6.16. The quantitative estimate of drug-likeness (QED) is 0.860. The Bertz CT molecular complexity index is 550. The summed E-state index contributed by atoms with van der Waals surface area (Å²) >= 11 is 0. The normalized spacial score (nSPS) is 33.0. The number of fused-ring (bicyclic) bond motifs is 2. The Hall–Kier alpha value is -1.55. The van der Waals surface area contributed by atoms with Crippen molar-refractivity contribution in [3.8, 4) is 5.75 Å². The lowest BCUT2D eigenvalue weighted by Gasteiger charge is -2.40. The fraction of sp³-hybridized carbons (Fsp3) is 0.632. The molecule has 3 aliphatic heterocycles. The molecule has 1 aromatic rings. The maximum atomic E-state index is 12.8. The summed E-state index contributed by atoms with van der Waals surface area (Å²) in [6, 6.07) is 9.25. The molecule has 0 spiro atoms. The number of benzene rings is 1. The number of carbonyl (C=O) groups excluding carboxylic acids is 1. The van der Waals surface area contributed by atoms with Crippen molar-refractivity contribution in [3.05, 3.63) is 29.8 Å². The molecule has 3 heterocycles. The smallest absolute Gasteiger partial charge is 0.252 e. The molecule has 1 amide bonds. The summed E-state index contributed by atoms with van der Waals surface area (Å²) < 4.78 is 10.9. The molecular weight excluding hydrogens is 290 g/mol. The van der Waals surface area contributed by atoms with Crippen molar-refractivity contribution in [3.63, 3.8) is 0 Å². The number of rotatable bonds is 3. The molecule has 0 aromatic heterocycles. The lowest BCUT2D eigenvalue weighted by Crippen LogP contribution is -2.49. The van der Waals surface area contributed by atoms with E-state index in [-0.39, 0.29) is 12.0 Å². The van der Waals surface area contributed by atoms with Crippen molar-refractivity contribution in [1.29, 1.82) is 0 Å². The molecule has 3 aliphatic rings. The summed E-state index contributed by atoms with van der Waals surface area (Å²) in [7, 11) is 1.70. The first kappa shape index (κ1) is 15.0. The van der Waals surface area contributed by atoms with Gasteiger partial charge in [0.25, 0.3) is 5.91 Å². The summed E-state index contributed by atoms with van der Waals surface area (Å²) in [5.41, 5.74) is 1.38. The predicted molar refractivity (Wildman–Crippen MR) is 87.6 cm³/mol. The zero-order chi connectivity index (χ0) is 15.8. The van der Waals surface area contributed by atoms with E-state index in [9.17, 15) is 4.79 Å². The van der Waals surface area contributed by atoms with E-state index in [1.54, 1.807) is 7.11 Å². The minimum Gasteiger partial charge on any atom is -0.497 e. The zero-order valence-electron chi connectivity index (χ0n) is 13.7. The largest absolute Gasteiger partial charge is 0.497 e. The molecule has 0 radical (unpaired) electrons. The maximum Gasteiger partial charge on any atom is 0.252 e. The van der Waals surface area contributed by atoms with Crippen LogP contribution in [0.4, 0.5) is 0 Å². The topological polar surface area (TPSA) is 38.8 Å². The van der Waals surface area contributed by atoms with Crippen molar-refractivity contribution >= 4 is 5.91 Å². The first-order valence-corrected chi connectivity index (χ1v) is 8.84. The van der Waals surface area contributed by atoms with Gasteiger partial charge in [-0.2, -0.15) is 0 Å². The van der Waals surface area contributed by atoms with E-state index in [0.29, 0.717) is 18.0 Å². The molecule has 2 bridgehead atoms. The van der Waals surface area contributed by atoms with Gasteiger partial charge >= 0.3 is 0 Å². The number of hydrogen-bond acceptors (Lipinski definition) is 3. The van der Waals surface area contributed by atoms with Crippen molar-refractivity contribution in [2.45, 2.75) is 62.6 Å². The van der Waals surface area contributed by atoms with Crippen molar-refractivity contribution in [2.24, 2.45) is 0 Å². The van der Waals surface area contributed by atoms with E-state index >= 15 is 0 Å². The first-order chi connectivity index (χ1) is 11.3. The van der Waals surface area contributed by atoms with Gasteiger partial charge in [0, 0.05) is 18.7 Å². The fourth-order valence-corrected chi connectivity index (χ4v) is 4.62. The van der Waals surface area contributed by atoms with Gasteiger partial charge in [0.1, 0.15) is 11.9 Å². The third-order valence-corrected chi connectivity index (χ3v) is 5.78. The minimum absolute atomic E-state index is 0.171. The molecule has 3 saturated heterocycles. The average molecular weight is 315 g/mol. The Morgan fingerprint density at radius 2 is 1.83 bits per heavy atom. The minimum atomic E-state index is -0.171. The SMILES string of the molecule is COc1ccc(C2C[C@H]3CC[C@@H](C2)N3C(=O)[C@H]2CCCO2)cc1. The highest BCUT2D eigenvalue weighted by molar-refractivity contribution is 5.82. The number of methoxy groups -OCH3 is 1. The number of amides is 1. The third kappa shape index (κ3) is 2.74. The van der Waals surface area contributed by atoms with Gasteiger partial charge in [0.05, 0.1) is 7.11 Å². The van der Waals surface area contributed by atoms with Crippen LogP contribution in [-0.4, -0.2) is 42.7 Å². The molecule has 3 fully saturated rings. The van der Waals surface area contributed by atoms with E-state index < -0.39 is 0 Å². The molecule has 124 valence electrons. The van der Waals surface area contributed by atoms with E-state index in [0.717, 1.165) is 50.9 Å². The van der Waals surface area contributed by atoms with Crippen LogP contribution in [0.15, 0.2) is 24.3 Å². The molecule has 0 saturated carbocycles. The van der Waals surface area contributed by atoms with Crippen LogP contribution in [0.1, 0.15) is 50.0 Å². The molecule has 1 aromatic carbocycles. The molecule has 4 nitrogen and oxygen atoms in total. The molecule has 0 aliphatic carbocycles. The fourth-order valence-electron chi connectivity index (χ4n) is 4.62. The Labute approximate surface area is 137 Å². The Balaban J connectivity index is 1.47. The van der Waals surface area contributed by atoms with Crippen molar-refractivity contribution < 1.29 is 14.3 Å². The van der Waals surface area contributed by atoms with Gasteiger partial charge in [0.2, 0.25) is 0 Å². The van der Waals surface area contributed by atoms with Crippen LogP contribution in [0, 0.1) is 0 Å². The van der Waals surface area contributed by atoms with Gasteiger partial charge in [0.15, 0.2) is 0 Å². The van der Waals surface area contributed by atoms with Gasteiger partial charge in [-0.3, -0.25) is 4.79 Å². The van der Waals surface area contributed by atoms with Crippen LogP contribution in [0.2, 0.25) is 0 Å². The van der Waals surface area contributed by atoms with Crippen molar-refractivity contribution in [1.82, 2.24) is 4.90 Å². The van der Waals surface area contributed by atoms with Crippen LogP contribution in [0.25, 0.3) is 0 Å². The van der Waals surface area contributed by atoms with E-state index in [4.69, 9.17) is 9.47 Å². The van der Waals surface area contributed by atoms with E-state index in [1.165, 1.54) is 5.56 Å². The number of hydrogen-bond donors (Lipinski definition) is 0. The van der Waals surface area contributed by atoms with Gasteiger partial charge in [-0.05, 0) is 62.1 Å². The van der Waals surface area contributed by atoms with Crippen LogP contribution in [0.5, 0.6) is 5.75 Å². The highest BCUT2D eigenvalue weighted by atomic mass is 16.5. The number of ether oxygens (including phenoxy) is 2. The Kier molecular flexibility index (Phi) is 4.02. The molecule has 4 heteroatoms. The van der Waals surface area contributed by atoms with Crippen LogP contribution in [0.3, 0.4) is 0 Å². The number of piperidine rings is 1. The molecule has 4 atom stereocenters. The monoisotopic (exact) mass is 315 g/mol. The number of carbonyl (C=O) groups is 1. The first-order valence-electron chi connectivity index (χ1n) is 8.84. The standard InChI is InChI=1S/C19H25NO3/c1-22-17-8-4-13(5-9-17)14-11-15-6-7-16(12-14)20(15)19(21)18-3-2-10-23-18/h4-5,8-9,14-16,18H,2-3,6-7,10-12H2,1H3/t14?,15-,16+,18-/m1/s1. The molecule has 23 heavy (non-hydrogen) atoms. The summed E-state index contributed by atoms with van der Waals surface area (Å²) in [4.78, 5) is 14.9. The van der Waals surface area contributed by atoms with Gasteiger partial charge < -0.3 is 14.4 Å². The Morgan fingerprint density at radius 3 is 2.39 bits per heavy atom. The van der Waals surface area contributed by atoms with Crippen LogP contribution in [-0.2, 0) is 9.53 Å². The number of nitrogens with zero attached hydrogens (tertiary/aromatic N) is 1. The second-order valence-corrected chi connectivity index (χ2v) is 7.07. The average Bonchev–Trinajstić information content (AvgIpc) is 3.21. The predicted octanol–water partition coefficient (Wildman–Crippen LogP) is 3.11. The molecule has 4 rings (SSSR count). The van der Waals surface area contributed by atoms with E-state index in [2.05, 4.69) is 17.0 Å². The van der Waals surface area contributed by atoms with Crippen molar-refractivity contribution in [2.75, 3.05) is 13.7 Å². The van der Waals surface area contributed by atoms with Crippen LogP contribution >= 0.6 is 0 Å². The third-order valence-electron chi connectivity index (χ3n) is 5.78. The summed E-state index contributed by atoms with van der Waals surface area (Å²) in [6.07, 6.45) is 6.22. The summed E-state index contributed by atoms with van der Waals surface area (Å²) in [5.74, 6) is 1.72. The van der Waals surface area contributed by atoms with Gasteiger partial charge in [-0.25, -0.2) is 0 Å². The zero-order valence-corrected chi connectivity index (χ0v) is 13.7. The maximum absolute atomic E-state index is 12.8. The molecule has 0 N–H and O–H groups in total.